The Morgan fingerprint density at radius 1 is 1.20 bits per heavy atom. The number of nitrogens with zero attached hydrogens (tertiary/aromatic N) is 1. The summed E-state index contributed by atoms with van der Waals surface area (Å²) in [6.07, 6.45) is -0.888. The molecule has 0 aromatic heterocycles. The van der Waals surface area contributed by atoms with Crippen molar-refractivity contribution >= 4 is 29.3 Å². The number of ether oxygens (including phenoxy) is 2. The second-order valence-corrected chi connectivity index (χ2v) is 5.93. The van der Waals surface area contributed by atoms with Crippen molar-refractivity contribution in [3.8, 4) is 5.75 Å². The summed E-state index contributed by atoms with van der Waals surface area (Å²) in [6.45, 7) is 0.540. The summed E-state index contributed by atoms with van der Waals surface area (Å²) in [4.78, 5) is 25.5. The number of benzene rings is 2. The fourth-order valence-corrected chi connectivity index (χ4v) is 2.57. The van der Waals surface area contributed by atoms with Crippen molar-refractivity contribution in [2.45, 2.75) is 6.10 Å². The molecule has 1 aliphatic rings. The fourth-order valence-electron chi connectivity index (χ4n) is 2.45. The molecule has 1 aliphatic heterocycles. The van der Waals surface area contributed by atoms with Gasteiger partial charge in [-0.15, -0.1) is 0 Å². The standard InChI is InChI=1S/C18H17ClN2O4/c19-13-6-8-14(9-7-13)21-11-16(24-12-17(21)22)10-20-18(23)25-15-4-2-1-3-5-15/h1-9,16H,10-12H2,(H,20,23). The number of hydrogen-bond donors (Lipinski definition) is 1. The number of nitrogens with one attached hydrogen (secondary N) is 1. The molecule has 130 valence electrons. The van der Waals surface area contributed by atoms with Crippen LogP contribution in [0.15, 0.2) is 54.6 Å². The maximum atomic E-state index is 12.1. The second-order valence-electron chi connectivity index (χ2n) is 5.50. The first-order chi connectivity index (χ1) is 12.1. The summed E-state index contributed by atoms with van der Waals surface area (Å²) >= 11 is 5.88. The molecule has 2 aromatic rings. The molecule has 0 saturated carbocycles. The molecule has 2 aromatic carbocycles. The second kappa shape index (κ2) is 8.00. The quantitative estimate of drug-likeness (QED) is 0.910. The van der Waals surface area contributed by atoms with Crippen molar-refractivity contribution in [1.29, 1.82) is 0 Å². The number of carbonyl (C=O) groups excluding carboxylic acids is 2. The summed E-state index contributed by atoms with van der Waals surface area (Å²) in [6, 6.07) is 15.8. The van der Waals surface area contributed by atoms with Crippen molar-refractivity contribution in [1.82, 2.24) is 5.32 Å². The minimum atomic E-state index is -0.565. The molecule has 3 rings (SSSR count). The molecular formula is C18H17ClN2O4. The Morgan fingerprint density at radius 2 is 1.92 bits per heavy atom. The molecule has 1 unspecified atom stereocenters. The SMILES string of the molecule is O=C(NCC1CN(c2ccc(Cl)cc2)C(=O)CO1)Oc1ccccc1. The van der Waals surface area contributed by atoms with E-state index in [1.165, 1.54) is 0 Å². The first kappa shape index (κ1) is 17.3. The molecule has 0 bridgehead atoms. The minimum Gasteiger partial charge on any atom is -0.410 e. The van der Waals surface area contributed by atoms with Gasteiger partial charge in [-0.2, -0.15) is 0 Å². The predicted molar refractivity (Wildman–Crippen MR) is 94.0 cm³/mol. The Labute approximate surface area is 150 Å². The third-order valence-electron chi connectivity index (χ3n) is 3.70. The zero-order valence-corrected chi connectivity index (χ0v) is 14.1. The average Bonchev–Trinajstić information content (AvgIpc) is 2.63. The van der Waals surface area contributed by atoms with Crippen LogP contribution in [0.25, 0.3) is 0 Å². The molecule has 1 saturated heterocycles. The van der Waals surface area contributed by atoms with Gasteiger partial charge in [-0.05, 0) is 36.4 Å². The number of morpholine rings is 1. The van der Waals surface area contributed by atoms with Crippen LogP contribution in [0.1, 0.15) is 0 Å². The van der Waals surface area contributed by atoms with Crippen LogP contribution in [0.2, 0.25) is 5.02 Å². The smallest absolute Gasteiger partial charge is 0.410 e. The van der Waals surface area contributed by atoms with Crippen LogP contribution in [-0.2, 0) is 9.53 Å². The van der Waals surface area contributed by atoms with E-state index in [0.717, 1.165) is 5.69 Å². The molecular weight excluding hydrogens is 344 g/mol. The van der Waals surface area contributed by atoms with Crippen LogP contribution in [0.5, 0.6) is 5.75 Å². The maximum Gasteiger partial charge on any atom is 0.412 e. The molecule has 6 nitrogen and oxygen atoms in total. The largest absolute Gasteiger partial charge is 0.412 e. The predicted octanol–water partition coefficient (Wildman–Crippen LogP) is 2.86. The minimum absolute atomic E-state index is 0.0390. The molecule has 0 radical (unpaired) electrons. The van der Waals surface area contributed by atoms with Crippen molar-refractivity contribution in [2.24, 2.45) is 0 Å². The van der Waals surface area contributed by atoms with Gasteiger partial charge in [-0.25, -0.2) is 4.79 Å². The van der Waals surface area contributed by atoms with Gasteiger partial charge in [0.25, 0.3) is 5.91 Å². The van der Waals surface area contributed by atoms with Crippen LogP contribution in [-0.4, -0.2) is 37.8 Å². The van der Waals surface area contributed by atoms with Gasteiger partial charge in [-0.1, -0.05) is 29.8 Å². The van der Waals surface area contributed by atoms with Crippen LogP contribution < -0.4 is 15.0 Å². The first-order valence-electron chi connectivity index (χ1n) is 7.80. The van der Waals surface area contributed by atoms with E-state index in [9.17, 15) is 9.59 Å². The average molecular weight is 361 g/mol. The third kappa shape index (κ3) is 4.71. The van der Waals surface area contributed by atoms with E-state index in [1.807, 2.05) is 6.07 Å². The van der Waals surface area contributed by atoms with E-state index >= 15 is 0 Å². The number of halogens is 1. The highest BCUT2D eigenvalue weighted by Crippen LogP contribution is 2.21. The third-order valence-corrected chi connectivity index (χ3v) is 3.95. The Hall–Kier alpha value is -2.57. The number of carbonyl (C=O) groups is 2. The van der Waals surface area contributed by atoms with Crippen LogP contribution in [0, 0.1) is 0 Å². The molecule has 0 spiro atoms. The summed E-state index contributed by atoms with van der Waals surface area (Å²) < 4.78 is 10.6. The monoisotopic (exact) mass is 360 g/mol. The van der Waals surface area contributed by atoms with E-state index in [2.05, 4.69) is 5.32 Å². The van der Waals surface area contributed by atoms with Gasteiger partial charge in [0.1, 0.15) is 12.4 Å². The zero-order chi connectivity index (χ0) is 17.6. The summed E-state index contributed by atoms with van der Waals surface area (Å²) in [5.74, 6) is 0.327. The number of anilines is 1. The Morgan fingerprint density at radius 3 is 2.64 bits per heavy atom. The highest BCUT2D eigenvalue weighted by atomic mass is 35.5. The zero-order valence-electron chi connectivity index (χ0n) is 13.4. The van der Waals surface area contributed by atoms with Crippen LogP contribution >= 0.6 is 11.6 Å². The van der Waals surface area contributed by atoms with Crippen LogP contribution in [0.3, 0.4) is 0 Å². The Balaban J connectivity index is 1.53. The first-order valence-corrected chi connectivity index (χ1v) is 8.18. The van der Waals surface area contributed by atoms with E-state index in [0.29, 0.717) is 17.3 Å². The van der Waals surface area contributed by atoms with Crippen molar-refractivity contribution in [2.75, 3.05) is 24.6 Å². The number of rotatable bonds is 4. The van der Waals surface area contributed by atoms with E-state index in [-0.39, 0.29) is 25.2 Å². The molecule has 7 heteroatoms. The highest BCUT2D eigenvalue weighted by molar-refractivity contribution is 6.30. The maximum absolute atomic E-state index is 12.1. The summed E-state index contributed by atoms with van der Waals surface area (Å²) in [7, 11) is 0. The molecule has 1 fully saturated rings. The van der Waals surface area contributed by atoms with Gasteiger partial charge in [-0.3, -0.25) is 4.79 Å². The van der Waals surface area contributed by atoms with Gasteiger partial charge < -0.3 is 19.7 Å². The van der Waals surface area contributed by atoms with Crippen molar-refractivity contribution in [3.05, 3.63) is 59.6 Å². The number of amides is 2. The van der Waals surface area contributed by atoms with E-state index < -0.39 is 6.09 Å². The van der Waals surface area contributed by atoms with Gasteiger partial charge in [0.15, 0.2) is 0 Å². The van der Waals surface area contributed by atoms with E-state index in [4.69, 9.17) is 21.1 Å². The Kier molecular flexibility index (Phi) is 5.53. The lowest BCUT2D eigenvalue weighted by atomic mass is 10.2. The molecule has 25 heavy (non-hydrogen) atoms. The number of hydrogen-bond acceptors (Lipinski definition) is 4. The van der Waals surface area contributed by atoms with E-state index in [1.54, 1.807) is 53.4 Å². The van der Waals surface area contributed by atoms with Crippen LogP contribution in [0.4, 0.5) is 10.5 Å². The number of para-hydroxylation sites is 1. The normalized spacial score (nSPS) is 17.2. The molecule has 1 heterocycles. The Bertz CT molecular complexity index is 737. The van der Waals surface area contributed by atoms with Crippen molar-refractivity contribution < 1.29 is 19.1 Å². The highest BCUT2D eigenvalue weighted by Gasteiger charge is 2.27. The lowest BCUT2D eigenvalue weighted by Gasteiger charge is -2.32. The molecule has 1 atom stereocenters. The van der Waals surface area contributed by atoms with Gasteiger partial charge in [0, 0.05) is 17.3 Å². The fraction of sp³-hybridized carbons (Fsp3) is 0.222. The van der Waals surface area contributed by atoms with Crippen molar-refractivity contribution in [3.63, 3.8) is 0 Å². The molecule has 1 N–H and O–H groups in total. The van der Waals surface area contributed by atoms with Gasteiger partial charge >= 0.3 is 6.09 Å². The summed E-state index contributed by atoms with van der Waals surface area (Å²) in [5, 5.41) is 3.25. The topological polar surface area (TPSA) is 67.9 Å². The molecule has 0 aliphatic carbocycles. The molecule has 2 amide bonds. The van der Waals surface area contributed by atoms with Gasteiger partial charge in [0.2, 0.25) is 0 Å². The summed E-state index contributed by atoms with van der Waals surface area (Å²) in [5.41, 5.74) is 0.745. The van der Waals surface area contributed by atoms with Gasteiger partial charge in [0.05, 0.1) is 12.6 Å². The lowest BCUT2D eigenvalue weighted by Crippen LogP contribution is -2.51. The lowest BCUT2D eigenvalue weighted by molar-refractivity contribution is -0.129.